The van der Waals surface area contributed by atoms with Gasteiger partial charge in [-0.05, 0) is 25.1 Å². The Bertz CT molecular complexity index is 602. The van der Waals surface area contributed by atoms with Crippen LogP contribution < -0.4 is 4.74 Å². The summed E-state index contributed by atoms with van der Waals surface area (Å²) in [5.41, 5.74) is 0.743. The molecule has 1 aromatic heterocycles. The molecular formula is C12H9ClN2O3. The zero-order valence-electron chi connectivity index (χ0n) is 9.42. The van der Waals surface area contributed by atoms with Crippen LogP contribution >= 0.6 is 11.6 Å². The lowest BCUT2D eigenvalue weighted by Crippen LogP contribution is -1.98. The largest absolute Gasteiger partial charge is 0.478 e. The lowest BCUT2D eigenvalue weighted by Gasteiger charge is -2.06. The highest BCUT2D eigenvalue weighted by Crippen LogP contribution is 2.25. The maximum absolute atomic E-state index is 10.9. The van der Waals surface area contributed by atoms with Crippen molar-refractivity contribution in [3.05, 3.63) is 46.9 Å². The van der Waals surface area contributed by atoms with Crippen molar-refractivity contribution >= 4 is 17.6 Å². The van der Waals surface area contributed by atoms with Gasteiger partial charge < -0.3 is 9.84 Å². The summed E-state index contributed by atoms with van der Waals surface area (Å²) in [5.74, 6) is -0.402. The van der Waals surface area contributed by atoms with Crippen molar-refractivity contribution in [2.24, 2.45) is 0 Å². The van der Waals surface area contributed by atoms with E-state index in [1.807, 2.05) is 0 Å². The molecule has 1 heterocycles. The van der Waals surface area contributed by atoms with E-state index in [4.69, 9.17) is 21.4 Å². The molecule has 1 N–H and O–H groups in total. The Labute approximate surface area is 108 Å². The minimum Gasteiger partial charge on any atom is -0.478 e. The number of ether oxygens (including phenoxy) is 1. The molecule has 92 valence electrons. The van der Waals surface area contributed by atoms with Crippen LogP contribution in [0.1, 0.15) is 16.1 Å². The van der Waals surface area contributed by atoms with Crippen LogP contribution in [0.25, 0.3) is 0 Å². The number of hydrogen-bond donors (Lipinski definition) is 1. The summed E-state index contributed by atoms with van der Waals surface area (Å²) in [5, 5.41) is 9.10. The summed E-state index contributed by atoms with van der Waals surface area (Å²) >= 11 is 5.76. The van der Waals surface area contributed by atoms with Gasteiger partial charge in [0.2, 0.25) is 5.88 Å². The fraction of sp³-hybridized carbons (Fsp3) is 0.0833. The summed E-state index contributed by atoms with van der Waals surface area (Å²) in [6.45, 7) is 1.80. The highest BCUT2D eigenvalue weighted by molar-refractivity contribution is 6.33. The van der Waals surface area contributed by atoms with Crippen molar-refractivity contribution in [3.63, 3.8) is 0 Å². The first-order valence-corrected chi connectivity index (χ1v) is 5.43. The number of carboxylic acid groups (broad SMARTS) is 1. The second-order valence-corrected chi connectivity index (χ2v) is 3.95. The van der Waals surface area contributed by atoms with E-state index in [0.717, 1.165) is 5.69 Å². The zero-order chi connectivity index (χ0) is 13.1. The van der Waals surface area contributed by atoms with Crippen molar-refractivity contribution in [3.8, 4) is 11.6 Å². The van der Waals surface area contributed by atoms with Gasteiger partial charge in [-0.1, -0.05) is 11.6 Å². The SMILES string of the molecule is Cc1cc(Oc2ccc(Cl)c(C(=O)O)c2)ncn1. The smallest absolute Gasteiger partial charge is 0.337 e. The van der Waals surface area contributed by atoms with Gasteiger partial charge in [0.15, 0.2) is 0 Å². The van der Waals surface area contributed by atoms with E-state index in [0.29, 0.717) is 11.6 Å². The van der Waals surface area contributed by atoms with Gasteiger partial charge in [0, 0.05) is 11.8 Å². The normalized spacial score (nSPS) is 10.1. The number of aromatic carboxylic acids is 1. The molecule has 0 bridgehead atoms. The molecule has 18 heavy (non-hydrogen) atoms. The van der Waals surface area contributed by atoms with Crippen LogP contribution in [0.4, 0.5) is 0 Å². The molecule has 0 radical (unpaired) electrons. The van der Waals surface area contributed by atoms with E-state index < -0.39 is 5.97 Å². The molecule has 0 saturated carbocycles. The van der Waals surface area contributed by atoms with Crippen molar-refractivity contribution < 1.29 is 14.6 Å². The number of halogens is 1. The monoisotopic (exact) mass is 264 g/mol. The van der Waals surface area contributed by atoms with Gasteiger partial charge in [-0.2, -0.15) is 0 Å². The summed E-state index contributed by atoms with van der Waals surface area (Å²) in [6, 6.07) is 6.04. The Morgan fingerprint density at radius 2 is 2.11 bits per heavy atom. The molecule has 5 nitrogen and oxygen atoms in total. The number of nitrogens with zero attached hydrogens (tertiary/aromatic N) is 2. The average molecular weight is 265 g/mol. The van der Waals surface area contributed by atoms with Crippen LogP contribution in [0.3, 0.4) is 0 Å². The minimum absolute atomic E-state index is 0.0139. The number of carboxylic acids is 1. The van der Waals surface area contributed by atoms with E-state index >= 15 is 0 Å². The third kappa shape index (κ3) is 2.75. The summed E-state index contributed by atoms with van der Waals surface area (Å²) in [7, 11) is 0. The zero-order valence-corrected chi connectivity index (χ0v) is 10.2. The topological polar surface area (TPSA) is 72.3 Å². The molecule has 0 unspecified atom stereocenters. The molecule has 0 atom stereocenters. The van der Waals surface area contributed by atoms with E-state index in [9.17, 15) is 4.79 Å². The predicted molar refractivity (Wildman–Crippen MR) is 65.3 cm³/mol. The van der Waals surface area contributed by atoms with Crippen LogP contribution in [-0.4, -0.2) is 21.0 Å². The molecule has 2 aromatic rings. The van der Waals surface area contributed by atoms with Crippen LogP contribution in [0, 0.1) is 6.92 Å². The van der Waals surface area contributed by atoms with Gasteiger partial charge in [-0.25, -0.2) is 14.8 Å². The molecule has 6 heteroatoms. The van der Waals surface area contributed by atoms with Crippen molar-refractivity contribution in [2.45, 2.75) is 6.92 Å². The second kappa shape index (κ2) is 5.01. The number of hydrogen-bond acceptors (Lipinski definition) is 4. The second-order valence-electron chi connectivity index (χ2n) is 3.55. The van der Waals surface area contributed by atoms with Gasteiger partial charge >= 0.3 is 5.97 Å². The van der Waals surface area contributed by atoms with E-state index in [2.05, 4.69) is 9.97 Å². The quantitative estimate of drug-likeness (QED) is 0.923. The maximum atomic E-state index is 10.9. The number of benzene rings is 1. The van der Waals surface area contributed by atoms with Crippen LogP contribution in [-0.2, 0) is 0 Å². The fourth-order valence-electron chi connectivity index (χ4n) is 1.34. The molecule has 0 amide bonds. The van der Waals surface area contributed by atoms with Crippen LogP contribution in [0.5, 0.6) is 11.6 Å². The molecule has 1 aromatic carbocycles. The Hall–Kier alpha value is -2.14. The van der Waals surface area contributed by atoms with Crippen molar-refractivity contribution in [1.82, 2.24) is 9.97 Å². The van der Waals surface area contributed by atoms with Crippen molar-refractivity contribution in [2.75, 3.05) is 0 Å². The van der Waals surface area contributed by atoms with Gasteiger partial charge in [-0.3, -0.25) is 0 Å². The van der Waals surface area contributed by atoms with Crippen LogP contribution in [0.15, 0.2) is 30.6 Å². The molecule has 0 fully saturated rings. The van der Waals surface area contributed by atoms with Gasteiger partial charge in [0.1, 0.15) is 12.1 Å². The summed E-state index contributed by atoms with van der Waals surface area (Å²) < 4.78 is 5.43. The first-order chi connectivity index (χ1) is 8.56. The molecule has 0 aliphatic carbocycles. The molecule has 0 aliphatic rings. The molecule has 2 rings (SSSR count). The number of carbonyl (C=O) groups is 1. The number of aryl methyl sites for hydroxylation is 1. The molecular weight excluding hydrogens is 256 g/mol. The van der Waals surface area contributed by atoms with Gasteiger partial charge in [0.05, 0.1) is 10.6 Å². The highest BCUT2D eigenvalue weighted by atomic mass is 35.5. The van der Waals surface area contributed by atoms with Crippen LogP contribution in [0.2, 0.25) is 5.02 Å². The minimum atomic E-state index is -1.11. The van der Waals surface area contributed by atoms with Gasteiger partial charge in [-0.15, -0.1) is 0 Å². The first kappa shape index (κ1) is 12.3. The van der Waals surface area contributed by atoms with E-state index in [1.54, 1.807) is 19.1 Å². The Kier molecular flexibility index (Phi) is 3.43. The predicted octanol–water partition coefficient (Wildman–Crippen LogP) is 2.93. The third-order valence-corrected chi connectivity index (χ3v) is 2.50. The molecule has 0 spiro atoms. The molecule has 0 saturated heterocycles. The lowest BCUT2D eigenvalue weighted by atomic mass is 10.2. The summed E-state index contributed by atoms with van der Waals surface area (Å²) in [4.78, 5) is 18.8. The Balaban J connectivity index is 2.30. The fourth-order valence-corrected chi connectivity index (χ4v) is 1.54. The number of aromatic nitrogens is 2. The van der Waals surface area contributed by atoms with Gasteiger partial charge in [0.25, 0.3) is 0 Å². The van der Waals surface area contributed by atoms with E-state index in [1.165, 1.54) is 18.5 Å². The van der Waals surface area contributed by atoms with E-state index in [-0.39, 0.29) is 10.6 Å². The maximum Gasteiger partial charge on any atom is 0.337 e. The average Bonchev–Trinajstić information content (AvgIpc) is 2.31. The Morgan fingerprint density at radius 1 is 1.33 bits per heavy atom. The summed E-state index contributed by atoms with van der Waals surface area (Å²) in [6.07, 6.45) is 1.37. The standard InChI is InChI=1S/C12H9ClN2O3/c1-7-4-11(15-6-14-7)18-8-2-3-10(13)9(5-8)12(16)17/h2-6H,1H3,(H,16,17). The van der Waals surface area contributed by atoms with Crippen molar-refractivity contribution in [1.29, 1.82) is 0 Å². The first-order valence-electron chi connectivity index (χ1n) is 5.05. The third-order valence-electron chi connectivity index (χ3n) is 2.17. The Morgan fingerprint density at radius 3 is 2.78 bits per heavy atom. The highest BCUT2D eigenvalue weighted by Gasteiger charge is 2.10. The number of rotatable bonds is 3. The molecule has 0 aliphatic heterocycles. The lowest BCUT2D eigenvalue weighted by molar-refractivity contribution is 0.0696.